The zero-order valence-electron chi connectivity index (χ0n) is 20.8. The second-order valence-electron chi connectivity index (χ2n) is 12.0. The van der Waals surface area contributed by atoms with Gasteiger partial charge in [0.25, 0.3) is 0 Å². The molecule has 0 spiro atoms. The molecule has 0 amide bonds. The Balaban J connectivity index is 1.86. The first-order valence-electron chi connectivity index (χ1n) is 11.2. The number of benzene rings is 2. The van der Waals surface area contributed by atoms with Crippen LogP contribution < -0.4 is 4.74 Å². The summed E-state index contributed by atoms with van der Waals surface area (Å²) in [5.41, 5.74) is 5.37. The highest BCUT2D eigenvalue weighted by Crippen LogP contribution is 2.44. The first kappa shape index (κ1) is 23.5. The predicted molar refractivity (Wildman–Crippen MR) is 127 cm³/mol. The average Bonchev–Trinajstić information content (AvgIpc) is 3.41. The summed E-state index contributed by atoms with van der Waals surface area (Å²) in [5.74, 6) is 0.373. The molecule has 0 aromatic heterocycles. The third-order valence-corrected chi connectivity index (χ3v) is 5.88. The number of esters is 1. The van der Waals surface area contributed by atoms with Crippen molar-refractivity contribution in [2.75, 3.05) is 0 Å². The number of ether oxygens (including phenoxy) is 2. The van der Waals surface area contributed by atoms with Crippen LogP contribution in [0.2, 0.25) is 0 Å². The van der Waals surface area contributed by atoms with Crippen LogP contribution in [0.25, 0.3) is 0 Å². The van der Waals surface area contributed by atoms with E-state index in [1.165, 1.54) is 11.1 Å². The van der Waals surface area contributed by atoms with E-state index in [9.17, 15) is 4.79 Å². The maximum Gasteiger partial charge on any atom is 0.343 e. The first-order chi connectivity index (χ1) is 14.1. The van der Waals surface area contributed by atoms with Crippen LogP contribution in [0.3, 0.4) is 0 Å². The van der Waals surface area contributed by atoms with E-state index in [-0.39, 0.29) is 28.3 Å². The molecule has 3 rings (SSSR count). The predicted octanol–water partition coefficient (Wildman–Crippen LogP) is 6.93. The second kappa shape index (κ2) is 7.78. The summed E-state index contributed by atoms with van der Waals surface area (Å²) in [4.78, 5) is 13.1. The van der Waals surface area contributed by atoms with Gasteiger partial charge in [0.2, 0.25) is 0 Å². The molecule has 1 aliphatic rings. The van der Waals surface area contributed by atoms with Crippen molar-refractivity contribution in [3.05, 3.63) is 64.2 Å². The van der Waals surface area contributed by atoms with Crippen LogP contribution in [-0.2, 0) is 25.8 Å². The largest absolute Gasteiger partial charge is 0.424 e. The molecule has 3 heteroatoms. The van der Waals surface area contributed by atoms with Crippen LogP contribution in [0.15, 0.2) is 36.4 Å². The van der Waals surface area contributed by atoms with Crippen LogP contribution >= 0.6 is 0 Å². The lowest BCUT2D eigenvalue weighted by atomic mass is 9.78. The summed E-state index contributed by atoms with van der Waals surface area (Å²) in [5, 5.41) is 0. The highest BCUT2D eigenvalue weighted by atomic mass is 16.6. The highest BCUT2D eigenvalue weighted by molar-refractivity contribution is 5.81. The molecular weight excluding hydrogens is 384 g/mol. The summed E-state index contributed by atoms with van der Waals surface area (Å²) in [7, 11) is 0. The lowest BCUT2D eigenvalue weighted by Crippen LogP contribution is -2.24. The van der Waals surface area contributed by atoms with E-state index in [0.29, 0.717) is 5.75 Å². The number of epoxide rings is 1. The molecule has 2 aromatic carbocycles. The van der Waals surface area contributed by atoms with Crippen molar-refractivity contribution >= 4 is 5.97 Å². The van der Waals surface area contributed by atoms with Crippen molar-refractivity contribution in [2.45, 2.75) is 97.7 Å². The zero-order valence-corrected chi connectivity index (χ0v) is 20.8. The Labute approximate surface area is 188 Å². The average molecular weight is 423 g/mol. The summed E-state index contributed by atoms with van der Waals surface area (Å²) < 4.78 is 11.8. The van der Waals surface area contributed by atoms with Gasteiger partial charge in [-0.3, -0.25) is 0 Å². The Morgan fingerprint density at radius 2 is 1.29 bits per heavy atom. The Morgan fingerprint density at radius 1 is 0.806 bits per heavy atom. The Morgan fingerprint density at radius 3 is 1.71 bits per heavy atom. The minimum Gasteiger partial charge on any atom is -0.424 e. The van der Waals surface area contributed by atoms with Crippen molar-refractivity contribution in [2.24, 2.45) is 0 Å². The van der Waals surface area contributed by atoms with E-state index >= 15 is 0 Å². The molecule has 0 radical (unpaired) electrons. The van der Waals surface area contributed by atoms with Gasteiger partial charge in [-0.1, -0.05) is 104 Å². The van der Waals surface area contributed by atoms with Gasteiger partial charge in [0, 0.05) is 11.1 Å². The molecule has 2 atom stereocenters. The van der Waals surface area contributed by atoms with Gasteiger partial charge in [-0.05, 0) is 34.3 Å². The lowest BCUT2D eigenvalue weighted by Gasteiger charge is -2.29. The first-order valence-corrected chi connectivity index (χ1v) is 11.2. The molecule has 0 bridgehead atoms. The normalized spacial score (nSPS) is 19.3. The fourth-order valence-electron chi connectivity index (χ4n) is 3.87. The van der Waals surface area contributed by atoms with E-state index in [2.05, 4.69) is 106 Å². The molecule has 0 saturated carbocycles. The van der Waals surface area contributed by atoms with Gasteiger partial charge < -0.3 is 9.47 Å². The molecule has 0 N–H and O–H groups in total. The number of rotatable bonds is 3. The fourth-order valence-corrected chi connectivity index (χ4v) is 3.87. The minimum atomic E-state index is -0.553. The summed E-state index contributed by atoms with van der Waals surface area (Å²) in [6.07, 6.45) is -0.787. The van der Waals surface area contributed by atoms with E-state index < -0.39 is 6.10 Å². The standard InChI is InChI=1S/C28H38O3/c1-17-15-20(27(5,6)7)23(21(16-17)28(8,9)10)31-25(29)24-22(30-24)18-11-13-19(14-12-18)26(2,3)4/h11-16,22,24H,1-10H3/t22-,24+/m1/s1. The third kappa shape index (κ3) is 5.20. The number of carbonyl (C=O) groups excluding carboxylic acids is 1. The summed E-state index contributed by atoms with van der Waals surface area (Å²) in [6.45, 7) is 21.6. The number of carbonyl (C=O) groups is 1. The van der Waals surface area contributed by atoms with Crippen molar-refractivity contribution in [1.29, 1.82) is 0 Å². The number of aryl methyl sites for hydroxylation is 1. The van der Waals surface area contributed by atoms with Gasteiger partial charge in [0.15, 0.2) is 6.10 Å². The summed E-state index contributed by atoms with van der Waals surface area (Å²) >= 11 is 0. The van der Waals surface area contributed by atoms with Crippen LogP contribution in [0.5, 0.6) is 5.75 Å². The lowest BCUT2D eigenvalue weighted by molar-refractivity contribution is -0.135. The van der Waals surface area contributed by atoms with E-state index in [4.69, 9.17) is 9.47 Å². The molecule has 1 heterocycles. The van der Waals surface area contributed by atoms with Gasteiger partial charge in [0.1, 0.15) is 11.9 Å². The molecule has 168 valence electrons. The van der Waals surface area contributed by atoms with E-state index in [1.807, 2.05) is 0 Å². The Kier molecular flexibility index (Phi) is 5.90. The van der Waals surface area contributed by atoms with Crippen molar-refractivity contribution in [3.8, 4) is 5.75 Å². The van der Waals surface area contributed by atoms with Crippen molar-refractivity contribution in [1.82, 2.24) is 0 Å². The van der Waals surface area contributed by atoms with Crippen molar-refractivity contribution in [3.63, 3.8) is 0 Å². The van der Waals surface area contributed by atoms with E-state index in [1.54, 1.807) is 0 Å². The topological polar surface area (TPSA) is 38.8 Å². The monoisotopic (exact) mass is 422 g/mol. The molecule has 0 unspecified atom stereocenters. The number of hydrogen-bond acceptors (Lipinski definition) is 3. The van der Waals surface area contributed by atoms with Crippen molar-refractivity contribution < 1.29 is 14.3 Å². The Hall–Kier alpha value is -2.13. The van der Waals surface area contributed by atoms with Gasteiger partial charge in [-0.15, -0.1) is 0 Å². The number of hydrogen-bond donors (Lipinski definition) is 0. The Bertz CT molecular complexity index is 928. The van der Waals surface area contributed by atoms with Crippen LogP contribution in [0.1, 0.15) is 96.2 Å². The molecule has 2 aromatic rings. The van der Waals surface area contributed by atoms with Gasteiger partial charge in [-0.2, -0.15) is 0 Å². The molecule has 3 nitrogen and oxygen atoms in total. The maximum absolute atomic E-state index is 13.1. The zero-order chi connectivity index (χ0) is 23.4. The maximum atomic E-state index is 13.1. The van der Waals surface area contributed by atoms with Crippen LogP contribution in [0, 0.1) is 6.92 Å². The van der Waals surface area contributed by atoms with Crippen LogP contribution in [0.4, 0.5) is 0 Å². The fraction of sp³-hybridized carbons (Fsp3) is 0.536. The van der Waals surface area contributed by atoms with Gasteiger partial charge in [0.05, 0.1) is 0 Å². The van der Waals surface area contributed by atoms with E-state index in [0.717, 1.165) is 16.7 Å². The minimum absolute atomic E-state index is 0.0967. The van der Waals surface area contributed by atoms with Gasteiger partial charge in [-0.25, -0.2) is 4.79 Å². The molecule has 0 aliphatic carbocycles. The third-order valence-electron chi connectivity index (χ3n) is 5.88. The SMILES string of the molecule is Cc1cc(C(C)(C)C)c(OC(=O)[C@H]2O[C@@H]2c2ccc(C(C)(C)C)cc2)c(C(C)(C)C)c1. The molecular formula is C28H38O3. The molecule has 1 aliphatic heterocycles. The molecule has 1 fully saturated rings. The quantitative estimate of drug-likeness (QED) is 0.306. The second-order valence-corrected chi connectivity index (χ2v) is 12.0. The molecule has 31 heavy (non-hydrogen) atoms. The highest BCUT2D eigenvalue weighted by Gasteiger charge is 2.48. The molecule has 1 saturated heterocycles. The smallest absolute Gasteiger partial charge is 0.343 e. The van der Waals surface area contributed by atoms with Gasteiger partial charge >= 0.3 is 5.97 Å². The summed E-state index contributed by atoms with van der Waals surface area (Å²) in [6, 6.07) is 12.6. The van der Waals surface area contributed by atoms with Crippen LogP contribution in [-0.4, -0.2) is 12.1 Å².